The molecule has 0 aliphatic rings. The molecule has 0 unspecified atom stereocenters. The predicted molar refractivity (Wildman–Crippen MR) is 73.0 cm³/mol. The number of hydrogen-bond acceptors (Lipinski definition) is 11. The van der Waals surface area contributed by atoms with Crippen LogP contribution in [-0.2, 0) is 9.59 Å². The van der Waals surface area contributed by atoms with Crippen molar-refractivity contribution in [1.29, 1.82) is 0 Å². The molecule has 0 radical (unpaired) electrons. The summed E-state index contributed by atoms with van der Waals surface area (Å²) >= 11 is 0. The molecule has 0 aromatic carbocycles. The molecule has 11 nitrogen and oxygen atoms in total. The van der Waals surface area contributed by atoms with Gasteiger partial charge in [0.1, 0.15) is 43.2 Å². The molecule has 9 N–H and O–H groups in total. The van der Waals surface area contributed by atoms with Gasteiger partial charge in [0.05, 0.1) is 12.7 Å². The van der Waals surface area contributed by atoms with Gasteiger partial charge in [0.2, 0.25) is 0 Å². The molecule has 0 bridgehead atoms. The number of aliphatic hydroxyl groups excluding tert-OH is 9. The van der Waals surface area contributed by atoms with Gasteiger partial charge in [-0.1, -0.05) is 0 Å². The summed E-state index contributed by atoms with van der Waals surface area (Å²) in [6.45, 7) is -0.446. The Hall–Kier alpha value is -1.02. The van der Waals surface area contributed by atoms with Gasteiger partial charge in [0.15, 0.2) is 12.1 Å². The van der Waals surface area contributed by atoms with E-state index in [-0.39, 0.29) is 6.29 Å². The molecular weight excluding hydrogens is 320 g/mol. The summed E-state index contributed by atoms with van der Waals surface area (Å²) in [4.78, 5) is 20.4. The minimum atomic E-state index is -1.86. The van der Waals surface area contributed by atoms with Crippen LogP contribution in [0.2, 0.25) is 0 Å². The number of aliphatic hydroxyl groups is 9. The Morgan fingerprint density at radius 2 is 1.39 bits per heavy atom. The number of carbonyl (C=O) groups excluding carboxylic acids is 2. The maximum absolute atomic E-state index is 10.5. The van der Waals surface area contributed by atoms with Crippen LogP contribution in [0, 0.1) is 0 Å². The Bertz CT molecular complexity index is 335. The van der Waals surface area contributed by atoms with Gasteiger partial charge in [-0.05, 0) is 6.92 Å². The zero-order valence-corrected chi connectivity index (χ0v) is 12.4. The molecule has 0 saturated heterocycles. The highest BCUT2D eigenvalue weighted by molar-refractivity contribution is 5.84. The van der Waals surface area contributed by atoms with Gasteiger partial charge in [0, 0.05) is 0 Å². The topological polar surface area (TPSA) is 216 Å². The Balaban J connectivity index is 0. The third kappa shape index (κ3) is 9.00. The van der Waals surface area contributed by atoms with Crippen molar-refractivity contribution in [3.63, 3.8) is 0 Å². The number of aldehydes is 1. The molecular formula is C12H24O11. The summed E-state index contributed by atoms with van der Waals surface area (Å²) in [5.41, 5.74) is 0. The van der Waals surface area contributed by atoms with E-state index in [1.165, 1.54) is 6.92 Å². The van der Waals surface area contributed by atoms with Crippen molar-refractivity contribution < 1.29 is 55.5 Å². The fraction of sp³-hybridized carbons (Fsp3) is 0.833. The largest absolute Gasteiger partial charge is 0.394 e. The van der Waals surface area contributed by atoms with Crippen LogP contribution in [0.15, 0.2) is 0 Å². The average Bonchev–Trinajstić information content (AvgIpc) is 2.56. The van der Waals surface area contributed by atoms with Gasteiger partial charge < -0.3 is 50.8 Å². The van der Waals surface area contributed by atoms with Crippen molar-refractivity contribution in [3.8, 4) is 0 Å². The molecule has 23 heavy (non-hydrogen) atoms. The van der Waals surface area contributed by atoms with Gasteiger partial charge in [-0.3, -0.25) is 4.79 Å². The van der Waals surface area contributed by atoms with Crippen molar-refractivity contribution in [1.82, 2.24) is 0 Å². The summed E-state index contributed by atoms with van der Waals surface area (Å²) < 4.78 is 0. The quantitative estimate of drug-likeness (QED) is 0.179. The second-order valence-corrected chi connectivity index (χ2v) is 4.66. The number of carbonyl (C=O) groups is 2. The molecule has 0 aliphatic heterocycles. The first-order valence-electron chi connectivity index (χ1n) is 6.51. The third-order valence-corrected chi connectivity index (χ3v) is 2.72. The molecule has 138 valence electrons. The zero-order chi connectivity index (χ0) is 18.7. The first-order chi connectivity index (χ1) is 10.5. The smallest absolute Gasteiger partial charge is 0.189 e. The molecule has 7 atom stereocenters. The number of rotatable bonds is 9. The van der Waals surface area contributed by atoms with Gasteiger partial charge in [-0.2, -0.15) is 0 Å². The monoisotopic (exact) mass is 344 g/mol. The fourth-order valence-corrected chi connectivity index (χ4v) is 1.17. The third-order valence-electron chi connectivity index (χ3n) is 2.72. The lowest BCUT2D eigenvalue weighted by molar-refractivity contribution is -0.142. The van der Waals surface area contributed by atoms with Crippen molar-refractivity contribution in [3.05, 3.63) is 0 Å². The van der Waals surface area contributed by atoms with Gasteiger partial charge in [-0.15, -0.1) is 0 Å². The zero-order valence-electron chi connectivity index (χ0n) is 12.4. The van der Waals surface area contributed by atoms with E-state index in [0.29, 0.717) is 0 Å². The SMILES string of the molecule is C[C@H](O)[C@H](O)[C@@H](O)[C@@H](O)C=O.O=C(CO)[C@@H](O)[C@H](O)[C@@H](O)CO. The van der Waals surface area contributed by atoms with E-state index >= 15 is 0 Å². The summed E-state index contributed by atoms with van der Waals surface area (Å²) in [5, 5.41) is 78.2. The van der Waals surface area contributed by atoms with E-state index in [1.807, 2.05) is 0 Å². The van der Waals surface area contributed by atoms with E-state index < -0.39 is 61.7 Å². The lowest BCUT2D eigenvalue weighted by Gasteiger charge is -2.21. The number of Topliss-reactive ketones (excluding diaryl/α,β-unsaturated/α-hetero) is 1. The number of ketones is 1. The normalized spacial score (nSPS) is 20.1. The van der Waals surface area contributed by atoms with Crippen LogP contribution in [0.5, 0.6) is 0 Å². The standard InChI is InChI=1S/C6H12O6.C6H12O5/c7-1-3(9)5(11)6(12)4(10)2-8;1-3(8)5(10)6(11)4(9)2-7/h3,5-9,11-12H,1-2H2;2-6,8-11H,1H3/t3-,5+,6+;3-,4-,5-,6-/m00/s1. The van der Waals surface area contributed by atoms with Crippen LogP contribution in [0.3, 0.4) is 0 Å². The van der Waals surface area contributed by atoms with Crippen LogP contribution < -0.4 is 0 Å². The Kier molecular flexibility index (Phi) is 13.1. The van der Waals surface area contributed by atoms with E-state index in [9.17, 15) is 9.59 Å². The maximum atomic E-state index is 10.5. The molecule has 0 spiro atoms. The summed E-state index contributed by atoms with van der Waals surface area (Å²) in [6.07, 6.45) is -11.1. The van der Waals surface area contributed by atoms with Gasteiger partial charge in [0.25, 0.3) is 0 Å². The second-order valence-electron chi connectivity index (χ2n) is 4.66. The average molecular weight is 344 g/mol. The van der Waals surface area contributed by atoms with E-state index in [0.717, 1.165) is 0 Å². The fourth-order valence-electron chi connectivity index (χ4n) is 1.17. The summed E-state index contributed by atoms with van der Waals surface area (Å²) in [6, 6.07) is 0. The molecule has 0 aromatic rings. The van der Waals surface area contributed by atoms with Gasteiger partial charge >= 0.3 is 0 Å². The molecule has 11 heteroatoms. The van der Waals surface area contributed by atoms with Crippen LogP contribution in [-0.4, -0.2) is 114 Å². The highest BCUT2D eigenvalue weighted by atomic mass is 16.4. The minimum absolute atomic E-state index is 0.0935. The highest BCUT2D eigenvalue weighted by Crippen LogP contribution is 2.02. The van der Waals surface area contributed by atoms with Crippen molar-refractivity contribution >= 4 is 12.1 Å². The Morgan fingerprint density at radius 3 is 1.70 bits per heavy atom. The summed E-state index contributed by atoms with van der Waals surface area (Å²) in [7, 11) is 0. The molecule has 0 heterocycles. The van der Waals surface area contributed by atoms with E-state index in [2.05, 4.69) is 0 Å². The van der Waals surface area contributed by atoms with Crippen molar-refractivity contribution in [2.45, 2.75) is 49.7 Å². The molecule has 0 amide bonds. The van der Waals surface area contributed by atoms with E-state index in [4.69, 9.17) is 46.0 Å². The van der Waals surface area contributed by atoms with Crippen LogP contribution in [0.25, 0.3) is 0 Å². The van der Waals surface area contributed by atoms with Crippen LogP contribution >= 0.6 is 0 Å². The predicted octanol–water partition coefficient (Wildman–Crippen LogP) is -5.73. The Labute approximate surface area is 131 Å². The first kappa shape index (κ1) is 24.2. The molecule has 0 fully saturated rings. The molecule has 0 aliphatic carbocycles. The van der Waals surface area contributed by atoms with Crippen molar-refractivity contribution in [2.24, 2.45) is 0 Å². The summed E-state index contributed by atoms with van der Waals surface area (Å²) in [5.74, 6) is -1.00. The maximum Gasteiger partial charge on any atom is 0.189 e. The van der Waals surface area contributed by atoms with Gasteiger partial charge in [-0.25, -0.2) is 0 Å². The van der Waals surface area contributed by atoms with Crippen molar-refractivity contribution in [2.75, 3.05) is 13.2 Å². The second kappa shape index (κ2) is 12.4. The first-order valence-corrected chi connectivity index (χ1v) is 6.51. The van der Waals surface area contributed by atoms with Crippen LogP contribution in [0.1, 0.15) is 6.92 Å². The minimum Gasteiger partial charge on any atom is -0.394 e. The Morgan fingerprint density at radius 1 is 0.913 bits per heavy atom. The van der Waals surface area contributed by atoms with Crippen LogP contribution in [0.4, 0.5) is 0 Å². The molecule has 0 rings (SSSR count). The van der Waals surface area contributed by atoms with E-state index in [1.54, 1.807) is 0 Å². The molecule has 0 aromatic heterocycles. The highest BCUT2D eigenvalue weighted by Gasteiger charge is 2.29. The lowest BCUT2D eigenvalue weighted by Crippen LogP contribution is -2.44. The molecule has 0 saturated carbocycles. The lowest BCUT2D eigenvalue weighted by atomic mass is 10.1. The number of hydrogen-bond donors (Lipinski definition) is 9.